The molecular weight excluding hydrogens is 262 g/mol. The zero-order valence-electron chi connectivity index (χ0n) is 10.3. The van der Waals surface area contributed by atoms with Gasteiger partial charge < -0.3 is 9.52 Å². The summed E-state index contributed by atoms with van der Waals surface area (Å²) < 4.78 is 8.65. The fraction of sp³-hybridized carbons (Fsp3) is 0.143. The number of thiazole rings is 1. The van der Waals surface area contributed by atoms with Crippen LogP contribution >= 0.6 is 11.3 Å². The van der Waals surface area contributed by atoms with Gasteiger partial charge in [0.05, 0.1) is 0 Å². The largest absolute Gasteiger partial charge is 0.475 e. The average Bonchev–Trinajstić information content (AvgIpc) is 2.96. The molecule has 0 fully saturated rings. The van der Waals surface area contributed by atoms with Gasteiger partial charge in [-0.2, -0.15) is 4.57 Å². The fourth-order valence-corrected chi connectivity index (χ4v) is 3.10. The van der Waals surface area contributed by atoms with Crippen LogP contribution in [0.15, 0.2) is 40.8 Å². The number of furan rings is 1. The number of hydrogen-bond acceptors (Lipinski definition) is 3. The molecular formula is C14H12NO3S+. The maximum Gasteiger partial charge on any atom is 0.371 e. The van der Waals surface area contributed by atoms with E-state index in [1.807, 2.05) is 19.1 Å². The molecule has 3 rings (SSSR count). The number of aromatic carboxylic acids is 1. The lowest BCUT2D eigenvalue weighted by Gasteiger charge is -1.94. The van der Waals surface area contributed by atoms with Crippen LogP contribution in [0.25, 0.3) is 10.2 Å². The number of nitrogens with zero attached hydrogens (tertiary/aromatic N) is 1. The van der Waals surface area contributed by atoms with E-state index >= 15 is 0 Å². The lowest BCUT2D eigenvalue weighted by Crippen LogP contribution is -2.35. The highest BCUT2D eigenvalue weighted by Gasteiger charge is 2.19. The molecule has 0 unspecified atom stereocenters. The Bertz CT molecular complexity index is 757. The monoisotopic (exact) mass is 274 g/mol. The van der Waals surface area contributed by atoms with Crippen LogP contribution in [0.4, 0.5) is 0 Å². The standard InChI is InChI=1S/C14H11NO3S/c1-9-15(11-4-2-3-5-13(11)19-9)8-10-6-7-12(18-10)14(16)17/h2-7H,8H2,1H3/p+1. The van der Waals surface area contributed by atoms with E-state index in [2.05, 4.69) is 16.7 Å². The molecule has 5 heteroatoms. The summed E-state index contributed by atoms with van der Waals surface area (Å²) in [5.74, 6) is -0.412. The number of carboxylic acids is 1. The molecule has 96 valence electrons. The normalized spacial score (nSPS) is 11.0. The van der Waals surface area contributed by atoms with Crippen molar-refractivity contribution in [3.63, 3.8) is 0 Å². The third kappa shape index (κ3) is 2.13. The molecule has 19 heavy (non-hydrogen) atoms. The van der Waals surface area contributed by atoms with Gasteiger partial charge in [-0.15, -0.1) is 0 Å². The second kappa shape index (κ2) is 4.51. The van der Waals surface area contributed by atoms with E-state index in [0.717, 1.165) is 10.5 Å². The molecule has 0 aliphatic rings. The molecule has 0 aliphatic carbocycles. The van der Waals surface area contributed by atoms with Gasteiger partial charge in [0.1, 0.15) is 4.70 Å². The minimum Gasteiger partial charge on any atom is -0.475 e. The van der Waals surface area contributed by atoms with Gasteiger partial charge in [-0.05, 0) is 18.2 Å². The molecule has 1 aromatic carbocycles. The maximum atomic E-state index is 10.8. The molecule has 0 radical (unpaired) electrons. The van der Waals surface area contributed by atoms with E-state index in [-0.39, 0.29) is 5.76 Å². The third-order valence-corrected chi connectivity index (χ3v) is 4.06. The first-order valence-corrected chi connectivity index (χ1v) is 6.67. The number of rotatable bonds is 3. The third-order valence-electron chi connectivity index (χ3n) is 2.98. The maximum absolute atomic E-state index is 10.8. The summed E-state index contributed by atoms with van der Waals surface area (Å²) >= 11 is 1.72. The van der Waals surface area contributed by atoms with Crippen LogP contribution in [0.1, 0.15) is 21.3 Å². The number of aryl methyl sites for hydroxylation is 1. The van der Waals surface area contributed by atoms with E-state index in [1.165, 1.54) is 10.8 Å². The molecule has 4 nitrogen and oxygen atoms in total. The van der Waals surface area contributed by atoms with Crippen molar-refractivity contribution in [1.29, 1.82) is 0 Å². The van der Waals surface area contributed by atoms with Crippen molar-refractivity contribution in [1.82, 2.24) is 0 Å². The summed E-state index contributed by atoms with van der Waals surface area (Å²) in [6.07, 6.45) is 0. The number of hydrogen-bond donors (Lipinski definition) is 1. The molecule has 0 amide bonds. The summed E-state index contributed by atoms with van der Waals surface area (Å²) in [4.78, 5) is 10.8. The molecule has 2 aromatic heterocycles. The molecule has 0 aliphatic heterocycles. The lowest BCUT2D eigenvalue weighted by atomic mass is 10.3. The topological polar surface area (TPSA) is 54.3 Å². The number of aromatic nitrogens is 1. The first-order valence-electron chi connectivity index (χ1n) is 5.85. The van der Waals surface area contributed by atoms with Gasteiger partial charge in [0.2, 0.25) is 22.8 Å². The van der Waals surface area contributed by atoms with Gasteiger partial charge in [-0.3, -0.25) is 0 Å². The van der Waals surface area contributed by atoms with Gasteiger partial charge in [0, 0.05) is 13.0 Å². The summed E-state index contributed by atoms with van der Waals surface area (Å²) in [5.41, 5.74) is 1.14. The first-order chi connectivity index (χ1) is 9.15. The highest BCUT2D eigenvalue weighted by atomic mass is 32.1. The SMILES string of the molecule is Cc1sc2ccccc2[n+]1Cc1ccc(C(=O)O)o1. The van der Waals surface area contributed by atoms with Gasteiger partial charge in [0.15, 0.2) is 5.76 Å². The van der Waals surface area contributed by atoms with Crippen molar-refractivity contribution in [2.24, 2.45) is 0 Å². The summed E-state index contributed by atoms with van der Waals surface area (Å²) in [7, 11) is 0. The summed E-state index contributed by atoms with van der Waals surface area (Å²) in [5, 5.41) is 10.0. The highest BCUT2D eigenvalue weighted by Crippen LogP contribution is 2.20. The Balaban J connectivity index is 2.00. The van der Waals surface area contributed by atoms with Gasteiger partial charge >= 0.3 is 5.97 Å². The van der Waals surface area contributed by atoms with Crippen molar-refractivity contribution in [3.8, 4) is 0 Å². The number of fused-ring (bicyclic) bond motifs is 1. The van der Waals surface area contributed by atoms with E-state index in [4.69, 9.17) is 9.52 Å². The van der Waals surface area contributed by atoms with Crippen molar-refractivity contribution in [3.05, 3.63) is 52.9 Å². The smallest absolute Gasteiger partial charge is 0.371 e. The molecule has 1 N–H and O–H groups in total. The van der Waals surface area contributed by atoms with Crippen LogP contribution in [-0.2, 0) is 6.54 Å². The van der Waals surface area contributed by atoms with Crippen molar-refractivity contribution in [2.75, 3.05) is 0 Å². The van der Waals surface area contributed by atoms with Crippen LogP contribution in [0.2, 0.25) is 0 Å². The van der Waals surface area contributed by atoms with Crippen LogP contribution in [0.3, 0.4) is 0 Å². The number of para-hydroxylation sites is 1. The highest BCUT2D eigenvalue weighted by molar-refractivity contribution is 7.18. The second-order valence-electron chi connectivity index (χ2n) is 4.25. The lowest BCUT2D eigenvalue weighted by molar-refractivity contribution is -0.665. The Morgan fingerprint density at radius 3 is 2.84 bits per heavy atom. The zero-order chi connectivity index (χ0) is 13.4. The number of benzene rings is 1. The number of carboxylic acid groups (broad SMARTS) is 1. The second-order valence-corrected chi connectivity index (χ2v) is 5.48. The minimum atomic E-state index is -1.04. The zero-order valence-corrected chi connectivity index (χ0v) is 11.1. The molecule has 0 spiro atoms. The van der Waals surface area contributed by atoms with Gasteiger partial charge in [-0.25, -0.2) is 4.79 Å². The van der Waals surface area contributed by atoms with E-state index in [0.29, 0.717) is 12.3 Å². The fourth-order valence-electron chi connectivity index (χ4n) is 2.08. The van der Waals surface area contributed by atoms with Gasteiger partial charge in [-0.1, -0.05) is 23.5 Å². The van der Waals surface area contributed by atoms with Crippen molar-refractivity contribution in [2.45, 2.75) is 13.5 Å². The van der Waals surface area contributed by atoms with Crippen LogP contribution < -0.4 is 4.57 Å². The summed E-state index contributed by atoms with van der Waals surface area (Å²) in [6.45, 7) is 2.59. The van der Waals surface area contributed by atoms with Crippen LogP contribution in [-0.4, -0.2) is 11.1 Å². The van der Waals surface area contributed by atoms with Gasteiger partial charge in [0.25, 0.3) is 0 Å². The number of carbonyl (C=O) groups is 1. The summed E-state index contributed by atoms with van der Waals surface area (Å²) in [6, 6.07) is 11.3. The minimum absolute atomic E-state index is 0.0206. The quantitative estimate of drug-likeness (QED) is 0.747. The molecule has 0 saturated carbocycles. The van der Waals surface area contributed by atoms with E-state index in [1.54, 1.807) is 17.4 Å². The molecule has 0 saturated heterocycles. The molecule has 3 aromatic rings. The first kappa shape index (κ1) is 11.9. The average molecular weight is 274 g/mol. The van der Waals surface area contributed by atoms with Crippen molar-refractivity contribution < 1.29 is 18.9 Å². The predicted octanol–water partition coefficient (Wildman–Crippen LogP) is 2.84. The van der Waals surface area contributed by atoms with Crippen LogP contribution in [0.5, 0.6) is 0 Å². The molecule has 0 bridgehead atoms. The Morgan fingerprint density at radius 1 is 1.32 bits per heavy atom. The Kier molecular flexibility index (Phi) is 2.83. The van der Waals surface area contributed by atoms with E-state index < -0.39 is 5.97 Å². The Hall–Kier alpha value is -2.14. The molecule has 0 atom stereocenters. The van der Waals surface area contributed by atoms with E-state index in [9.17, 15) is 4.79 Å². The Labute approximate surface area is 113 Å². The van der Waals surface area contributed by atoms with Crippen molar-refractivity contribution >= 4 is 27.5 Å². The molecule has 2 heterocycles. The Morgan fingerprint density at radius 2 is 2.11 bits per heavy atom. The predicted molar refractivity (Wildman–Crippen MR) is 71.5 cm³/mol. The van der Waals surface area contributed by atoms with Crippen LogP contribution in [0, 0.1) is 6.92 Å².